The molecule has 6 nitrogen and oxygen atoms in total. The van der Waals surface area contributed by atoms with Crippen molar-refractivity contribution in [1.29, 1.82) is 0 Å². The Morgan fingerprint density at radius 3 is 2.36 bits per heavy atom. The van der Waals surface area contributed by atoms with Crippen LogP contribution < -0.4 is 14.8 Å². The summed E-state index contributed by atoms with van der Waals surface area (Å²) in [5, 5.41) is 13.1. The summed E-state index contributed by atoms with van der Waals surface area (Å²) in [6, 6.07) is 5.26. The summed E-state index contributed by atoms with van der Waals surface area (Å²) in [6.07, 6.45) is 2.77. The number of nitrogens with zero attached hydrogens (tertiary/aromatic N) is 2. The number of ether oxygens (including phenoxy) is 2. The predicted octanol–water partition coefficient (Wildman–Crippen LogP) is 4.03. The van der Waals surface area contributed by atoms with Crippen molar-refractivity contribution >= 4 is 5.82 Å². The topological polar surface area (TPSA) is 76.5 Å². The number of nitrogens with one attached hydrogen (secondary N) is 1. The van der Waals surface area contributed by atoms with Gasteiger partial charge in [0, 0.05) is 17.7 Å². The Balaban J connectivity index is 2.56. The van der Waals surface area contributed by atoms with E-state index in [0.29, 0.717) is 23.4 Å². The summed E-state index contributed by atoms with van der Waals surface area (Å²) in [5.41, 5.74) is 2.21. The van der Waals surface area contributed by atoms with Crippen LogP contribution in [0.4, 0.5) is 5.82 Å². The first-order valence-corrected chi connectivity index (χ1v) is 8.66. The van der Waals surface area contributed by atoms with Crippen LogP contribution in [-0.2, 0) is 6.42 Å². The maximum atomic E-state index is 9.68. The molecule has 2 rings (SSSR count). The molecule has 0 atom stereocenters. The second-order valence-corrected chi connectivity index (χ2v) is 5.77. The molecule has 0 radical (unpaired) electrons. The molecule has 25 heavy (non-hydrogen) atoms. The van der Waals surface area contributed by atoms with Crippen LogP contribution in [0.15, 0.2) is 18.2 Å². The van der Waals surface area contributed by atoms with Crippen LogP contribution in [0.25, 0.3) is 11.3 Å². The molecule has 1 aromatic heterocycles. The van der Waals surface area contributed by atoms with Gasteiger partial charge in [-0.1, -0.05) is 20.8 Å². The molecule has 0 bridgehead atoms. The van der Waals surface area contributed by atoms with Crippen molar-refractivity contribution in [3.63, 3.8) is 0 Å². The van der Waals surface area contributed by atoms with Gasteiger partial charge >= 0.3 is 0 Å². The summed E-state index contributed by atoms with van der Waals surface area (Å²) >= 11 is 0. The summed E-state index contributed by atoms with van der Waals surface area (Å²) < 4.78 is 10.9. The molecule has 0 aliphatic rings. The minimum absolute atomic E-state index is 0.135. The second-order valence-electron chi connectivity index (χ2n) is 5.77. The lowest BCUT2D eigenvalue weighted by molar-refractivity contribution is 0.394. The van der Waals surface area contributed by atoms with Crippen molar-refractivity contribution in [3.05, 3.63) is 23.9 Å². The highest BCUT2D eigenvalue weighted by Crippen LogP contribution is 2.37. The number of aromatic nitrogens is 2. The lowest BCUT2D eigenvalue weighted by Crippen LogP contribution is -2.20. The molecule has 0 saturated heterocycles. The maximum absolute atomic E-state index is 9.68. The molecule has 2 aromatic rings. The lowest BCUT2D eigenvalue weighted by Gasteiger charge is -2.19. The van der Waals surface area contributed by atoms with Crippen molar-refractivity contribution in [2.24, 2.45) is 0 Å². The number of rotatable bonds is 8. The van der Waals surface area contributed by atoms with Gasteiger partial charge in [-0.05, 0) is 31.4 Å². The molecule has 0 unspecified atom stereocenters. The number of aryl methyl sites for hydroxylation is 1. The van der Waals surface area contributed by atoms with E-state index in [1.54, 1.807) is 32.4 Å². The van der Waals surface area contributed by atoms with Gasteiger partial charge in [0.1, 0.15) is 17.2 Å². The Morgan fingerprint density at radius 1 is 1.08 bits per heavy atom. The first-order valence-electron chi connectivity index (χ1n) is 8.66. The van der Waals surface area contributed by atoms with Crippen LogP contribution in [0.2, 0.25) is 0 Å². The van der Waals surface area contributed by atoms with E-state index in [-0.39, 0.29) is 5.75 Å². The number of phenols is 1. The van der Waals surface area contributed by atoms with E-state index in [2.05, 4.69) is 24.1 Å². The molecule has 0 aliphatic heterocycles. The number of methoxy groups -OCH3 is 2. The highest BCUT2D eigenvalue weighted by atomic mass is 16.5. The van der Waals surface area contributed by atoms with E-state index in [1.165, 1.54) is 0 Å². The van der Waals surface area contributed by atoms with Crippen molar-refractivity contribution in [2.75, 3.05) is 19.5 Å². The monoisotopic (exact) mass is 345 g/mol. The first kappa shape index (κ1) is 18.8. The van der Waals surface area contributed by atoms with Crippen molar-refractivity contribution in [1.82, 2.24) is 9.97 Å². The Labute approximate surface area is 149 Å². The largest absolute Gasteiger partial charge is 0.508 e. The highest BCUT2D eigenvalue weighted by Gasteiger charge is 2.19. The van der Waals surface area contributed by atoms with Crippen LogP contribution in [0.5, 0.6) is 17.4 Å². The normalized spacial score (nSPS) is 10.8. The molecule has 1 heterocycles. The third-order valence-corrected chi connectivity index (χ3v) is 4.23. The molecule has 0 fully saturated rings. The molecule has 0 saturated carbocycles. The molecule has 6 heteroatoms. The molecule has 1 aromatic carbocycles. The Kier molecular flexibility index (Phi) is 6.44. The van der Waals surface area contributed by atoms with E-state index in [1.807, 2.05) is 6.92 Å². The third-order valence-electron chi connectivity index (χ3n) is 4.23. The van der Waals surface area contributed by atoms with Crippen LogP contribution in [0.3, 0.4) is 0 Å². The smallest absolute Gasteiger partial charge is 0.242 e. The summed E-state index contributed by atoms with van der Waals surface area (Å²) in [5.74, 6) is 1.84. The zero-order valence-electron chi connectivity index (χ0n) is 15.6. The second kappa shape index (κ2) is 8.55. The molecular formula is C19H27N3O3. The van der Waals surface area contributed by atoms with Gasteiger partial charge in [-0.15, -0.1) is 0 Å². The van der Waals surface area contributed by atoms with Crippen molar-refractivity contribution < 1.29 is 14.6 Å². The molecule has 2 N–H and O–H groups in total. The van der Waals surface area contributed by atoms with Gasteiger partial charge in [0.15, 0.2) is 5.82 Å². The molecule has 0 aliphatic carbocycles. The number of hydrogen-bond donors (Lipinski definition) is 2. The van der Waals surface area contributed by atoms with E-state index in [0.717, 1.165) is 36.3 Å². The van der Waals surface area contributed by atoms with Gasteiger partial charge in [-0.25, -0.2) is 4.98 Å². The average molecular weight is 345 g/mol. The lowest BCUT2D eigenvalue weighted by atomic mass is 10.1. The Hall–Kier alpha value is -2.50. The van der Waals surface area contributed by atoms with Gasteiger partial charge in [-0.2, -0.15) is 4.98 Å². The SMILES string of the molecule is CCc1nc(-c2ccc(O)cc2OC)c(OC)nc1NC(CC)CC. The maximum Gasteiger partial charge on any atom is 0.242 e. The fourth-order valence-electron chi connectivity index (χ4n) is 2.70. The Bertz CT molecular complexity index is 715. The van der Waals surface area contributed by atoms with Gasteiger partial charge in [0.25, 0.3) is 0 Å². The number of anilines is 1. The predicted molar refractivity (Wildman–Crippen MR) is 99.6 cm³/mol. The highest BCUT2D eigenvalue weighted by molar-refractivity contribution is 5.73. The van der Waals surface area contributed by atoms with Gasteiger partial charge < -0.3 is 19.9 Å². The number of hydrogen-bond acceptors (Lipinski definition) is 6. The minimum atomic E-state index is 0.135. The average Bonchev–Trinajstić information content (AvgIpc) is 2.65. The van der Waals surface area contributed by atoms with Crippen LogP contribution >= 0.6 is 0 Å². The third kappa shape index (κ3) is 4.13. The molecular weight excluding hydrogens is 318 g/mol. The molecule has 0 spiro atoms. The molecule has 136 valence electrons. The van der Waals surface area contributed by atoms with Crippen LogP contribution in [0.1, 0.15) is 39.3 Å². The van der Waals surface area contributed by atoms with E-state index < -0.39 is 0 Å². The summed E-state index contributed by atoms with van der Waals surface area (Å²) in [6.45, 7) is 6.34. The quantitative estimate of drug-likeness (QED) is 0.752. The fraction of sp³-hybridized carbons (Fsp3) is 0.474. The van der Waals surface area contributed by atoms with Gasteiger partial charge in [0.2, 0.25) is 5.88 Å². The van der Waals surface area contributed by atoms with Gasteiger partial charge in [-0.3, -0.25) is 0 Å². The van der Waals surface area contributed by atoms with Crippen LogP contribution in [0, 0.1) is 0 Å². The van der Waals surface area contributed by atoms with Gasteiger partial charge in [0.05, 0.1) is 19.9 Å². The number of phenolic OH excluding ortho intramolecular Hbond substituents is 1. The zero-order chi connectivity index (χ0) is 18.4. The van der Waals surface area contributed by atoms with E-state index in [4.69, 9.17) is 14.5 Å². The minimum Gasteiger partial charge on any atom is -0.508 e. The summed E-state index contributed by atoms with van der Waals surface area (Å²) in [4.78, 5) is 9.44. The number of aromatic hydroxyl groups is 1. The molecule has 0 amide bonds. The van der Waals surface area contributed by atoms with Crippen molar-refractivity contribution in [3.8, 4) is 28.6 Å². The fourth-order valence-corrected chi connectivity index (χ4v) is 2.70. The number of benzene rings is 1. The first-order chi connectivity index (χ1) is 12.1. The Morgan fingerprint density at radius 2 is 1.80 bits per heavy atom. The summed E-state index contributed by atoms with van der Waals surface area (Å²) in [7, 11) is 3.13. The van der Waals surface area contributed by atoms with Crippen LogP contribution in [-0.4, -0.2) is 35.3 Å². The van der Waals surface area contributed by atoms with E-state index in [9.17, 15) is 5.11 Å². The standard InChI is InChI=1S/C19H27N3O3/c1-6-12(7-2)20-18-15(8-3)21-17(19(22-18)25-5)14-10-9-13(23)11-16(14)24-4/h9-12,23H,6-8H2,1-5H3,(H,20,22). The van der Waals surface area contributed by atoms with E-state index >= 15 is 0 Å². The van der Waals surface area contributed by atoms with Crippen molar-refractivity contribution in [2.45, 2.75) is 46.1 Å². The zero-order valence-corrected chi connectivity index (χ0v) is 15.6.